The van der Waals surface area contributed by atoms with Gasteiger partial charge in [-0.15, -0.1) is 0 Å². The van der Waals surface area contributed by atoms with Crippen LogP contribution < -0.4 is 5.32 Å². The summed E-state index contributed by atoms with van der Waals surface area (Å²) in [5.74, 6) is 0. The first kappa shape index (κ1) is 7.86. The van der Waals surface area contributed by atoms with Crippen LogP contribution in [0.25, 0.3) is 10.8 Å². The quantitative estimate of drug-likeness (QED) is 0.716. The van der Waals surface area contributed by atoms with Crippen molar-refractivity contribution in [3.63, 3.8) is 0 Å². The maximum atomic E-state index is 3.22. The van der Waals surface area contributed by atoms with E-state index in [0.29, 0.717) is 0 Å². The van der Waals surface area contributed by atoms with Crippen LogP contribution in [0.3, 0.4) is 0 Å². The third-order valence-electron chi connectivity index (χ3n) is 3.10. The van der Waals surface area contributed by atoms with Crippen LogP contribution in [-0.4, -0.2) is 7.05 Å². The summed E-state index contributed by atoms with van der Waals surface area (Å²) < 4.78 is 0. The number of hydrogen-bond acceptors (Lipinski definition) is 1. The molecule has 0 unspecified atom stereocenters. The van der Waals surface area contributed by atoms with Gasteiger partial charge in [0, 0.05) is 12.7 Å². The fourth-order valence-corrected chi connectivity index (χ4v) is 2.42. The standard InChI is InChI=1S/C13H13N/c1-14-12-7-10-4-2-3-9-5-6-11(8-12)13(9)10/h2-4,7-8,14H,5-6H2,1H3. The molecule has 0 aliphatic heterocycles. The number of anilines is 1. The van der Waals surface area contributed by atoms with Crippen LogP contribution in [0, 0.1) is 0 Å². The number of aryl methyl sites for hydroxylation is 2. The molecular formula is C13H13N. The Balaban J connectivity index is 2.41. The Bertz CT molecular complexity index is 500. The van der Waals surface area contributed by atoms with Crippen molar-refractivity contribution in [1.82, 2.24) is 0 Å². The molecular weight excluding hydrogens is 170 g/mol. The molecule has 1 aliphatic carbocycles. The molecule has 0 spiro atoms. The second kappa shape index (κ2) is 2.74. The van der Waals surface area contributed by atoms with E-state index in [9.17, 15) is 0 Å². The molecule has 0 bridgehead atoms. The van der Waals surface area contributed by atoms with Crippen LogP contribution >= 0.6 is 0 Å². The van der Waals surface area contributed by atoms with Gasteiger partial charge in [0.15, 0.2) is 0 Å². The monoisotopic (exact) mass is 183 g/mol. The van der Waals surface area contributed by atoms with Crippen LogP contribution in [-0.2, 0) is 12.8 Å². The Labute approximate surface area is 83.8 Å². The molecule has 0 atom stereocenters. The molecule has 0 fully saturated rings. The van der Waals surface area contributed by atoms with Crippen molar-refractivity contribution in [3.8, 4) is 0 Å². The first-order chi connectivity index (χ1) is 6.88. The van der Waals surface area contributed by atoms with Crippen LogP contribution in [0.5, 0.6) is 0 Å². The van der Waals surface area contributed by atoms with E-state index in [-0.39, 0.29) is 0 Å². The second-order valence-corrected chi connectivity index (χ2v) is 3.90. The van der Waals surface area contributed by atoms with Crippen LogP contribution in [0.4, 0.5) is 5.69 Å². The van der Waals surface area contributed by atoms with Crippen molar-refractivity contribution < 1.29 is 0 Å². The Hall–Kier alpha value is -1.50. The summed E-state index contributed by atoms with van der Waals surface area (Å²) in [7, 11) is 1.98. The van der Waals surface area contributed by atoms with Crippen molar-refractivity contribution in [2.75, 3.05) is 12.4 Å². The highest BCUT2D eigenvalue weighted by Gasteiger charge is 2.13. The molecule has 1 heteroatoms. The highest BCUT2D eigenvalue weighted by atomic mass is 14.8. The average Bonchev–Trinajstić information content (AvgIpc) is 2.64. The van der Waals surface area contributed by atoms with Crippen LogP contribution in [0.2, 0.25) is 0 Å². The molecule has 0 heterocycles. The summed E-state index contributed by atoms with van der Waals surface area (Å²) >= 11 is 0. The molecule has 2 aromatic carbocycles. The predicted molar refractivity (Wildman–Crippen MR) is 60.9 cm³/mol. The maximum Gasteiger partial charge on any atom is 0.0346 e. The third-order valence-corrected chi connectivity index (χ3v) is 3.10. The van der Waals surface area contributed by atoms with Gasteiger partial charge < -0.3 is 5.32 Å². The Morgan fingerprint density at radius 2 is 1.93 bits per heavy atom. The molecule has 3 rings (SSSR count). The SMILES string of the molecule is CNc1cc2c3c(cccc3c1)CC2. The van der Waals surface area contributed by atoms with E-state index in [4.69, 9.17) is 0 Å². The molecule has 0 amide bonds. The lowest BCUT2D eigenvalue weighted by Crippen LogP contribution is -1.89. The van der Waals surface area contributed by atoms with Crippen molar-refractivity contribution in [2.24, 2.45) is 0 Å². The minimum atomic E-state index is 1.20. The molecule has 2 aromatic rings. The topological polar surface area (TPSA) is 12.0 Å². The normalized spacial score (nSPS) is 13.5. The molecule has 0 saturated carbocycles. The summed E-state index contributed by atoms with van der Waals surface area (Å²) in [6.07, 6.45) is 2.41. The number of hydrogen-bond donors (Lipinski definition) is 1. The van der Waals surface area contributed by atoms with E-state index >= 15 is 0 Å². The Kier molecular flexibility index (Phi) is 1.54. The Morgan fingerprint density at radius 1 is 1.07 bits per heavy atom. The van der Waals surface area contributed by atoms with Crippen molar-refractivity contribution in [3.05, 3.63) is 41.5 Å². The lowest BCUT2D eigenvalue weighted by atomic mass is 10.0. The highest BCUT2D eigenvalue weighted by molar-refractivity contribution is 5.93. The first-order valence-corrected chi connectivity index (χ1v) is 5.11. The van der Waals surface area contributed by atoms with Gasteiger partial charge in [0.2, 0.25) is 0 Å². The minimum absolute atomic E-state index is 1.20. The third kappa shape index (κ3) is 0.955. The lowest BCUT2D eigenvalue weighted by molar-refractivity contribution is 1.02. The lowest BCUT2D eigenvalue weighted by Gasteiger charge is -2.05. The molecule has 1 aliphatic rings. The van der Waals surface area contributed by atoms with Crippen LogP contribution in [0.15, 0.2) is 30.3 Å². The number of benzene rings is 2. The fraction of sp³-hybridized carbons (Fsp3) is 0.231. The largest absolute Gasteiger partial charge is 0.388 e. The van der Waals surface area contributed by atoms with Crippen molar-refractivity contribution in [2.45, 2.75) is 12.8 Å². The average molecular weight is 183 g/mol. The molecule has 14 heavy (non-hydrogen) atoms. The summed E-state index contributed by atoms with van der Waals surface area (Å²) in [6.45, 7) is 0. The zero-order valence-corrected chi connectivity index (χ0v) is 8.30. The van der Waals surface area contributed by atoms with Gasteiger partial charge in [-0.2, -0.15) is 0 Å². The number of nitrogens with one attached hydrogen (secondary N) is 1. The van der Waals surface area contributed by atoms with Gasteiger partial charge in [0.05, 0.1) is 0 Å². The zero-order valence-electron chi connectivity index (χ0n) is 8.30. The molecule has 1 N–H and O–H groups in total. The van der Waals surface area contributed by atoms with E-state index in [2.05, 4.69) is 35.6 Å². The molecule has 0 aromatic heterocycles. The van der Waals surface area contributed by atoms with Crippen LogP contribution in [0.1, 0.15) is 11.1 Å². The second-order valence-electron chi connectivity index (χ2n) is 3.90. The van der Waals surface area contributed by atoms with E-state index in [1.807, 2.05) is 7.05 Å². The molecule has 70 valence electrons. The molecule has 0 radical (unpaired) electrons. The first-order valence-electron chi connectivity index (χ1n) is 5.11. The van der Waals surface area contributed by atoms with Gasteiger partial charge >= 0.3 is 0 Å². The van der Waals surface area contributed by atoms with Crippen molar-refractivity contribution in [1.29, 1.82) is 0 Å². The highest BCUT2D eigenvalue weighted by Crippen LogP contribution is 2.33. The van der Waals surface area contributed by atoms with Gasteiger partial charge in [0.1, 0.15) is 0 Å². The molecule has 1 nitrogen and oxygen atoms in total. The molecule has 0 saturated heterocycles. The summed E-state index contributed by atoms with van der Waals surface area (Å²) in [6, 6.07) is 11.1. The number of rotatable bonds is 1. The van der Waals surface area contributed by atoms with E-state index < -0.39 is 0 Å². The van der Waals surface area contributed by atoms with Gasteiger partial charge in [-0.1, -0.05) is 18.2 Å². The summed E-state index contributed by atoms with van der Waals surface area (Å²) in [4.78, 5) is 0. The van der Waals surface area contributed by atoms with Gasteiger partial charge in [-0.3, -0.25) is 0 Å². The van der Waals surface area contributed by atoms with E-state index in [0.717, 1.165) is 0 Å². The Morgan fingerprint density at radius 3 is 2.79 bits per heavy atom. The summed E-state index contributed by atoms with van der Waals surface area (Å²) in [5.41, 5.74) is 4.24. The van der Waals surface area contributed by atoms with Gasteiger partial charge in [-0.05, 0) is 46.9 Å². The van der Waals surface area contributed by atoms with Gasteiger partial charge in [-0.25, -0.2) is 0 Å². The maximum absolute atomic E-state index is 3.22. The summed E-state index contributed by atoms with van der Waals surface area (Å²) in [5, 5.41) is 6.09. The predicted octanol–water partition coefficient (Wildman–Crippen LogP) is 2.98. The van der Waals surface area contributed by atoms with Gasteiger partial charge in [0.25, 0.3) is 0 Å². The van der Waals surface area contributed by atoms with E-state index in [1.54, 1.807) is 0 Å². The van der Waals surface area contributed by atoms with E-state index in [1.165, 1.54) is 40.4 Å². The fourth-order valence-electron chi connectivity index (χ4n) is 2.42. The smallest absolute Gasteiger partial charge is 0.0346 e. The van der Waals surface area contributed by atoms with Crippen molar-refractivity contribution >= 4 is 16.5 Å². The zero-order chi connectivity index (χ0) is 9.54. The minimum Gasteiger partial charge on any atom is -0.388 e.